The van der Waals surface area contributed by atoms with E-state index < -0.39 is 8.56 Å². The summed E-state index contributed by atoms with van der Waals surface area (Å²) in [5.41, 5.74) is 1.26. The van der Waals surface area contributed by atoms with Crippen molar-refractivity contribution in [2.75, 3.05) is 14.2 Å². The summed E-state index contributed by atoms with van der Waals surface area (Å²) in [5, 5.41) is 0. The van der Waals surface area contributed by atoms with Crippen molar-refractivity contribution in [2.45, 2.75) is 59.2 Å². The van der Waals surface area contributed by atoms with Crippen LogP contribution in [0.1, 0.15) is 40.5 Å². The zero-order valence-electron chi connectivity index (χ0n) is 12.5. The first-order valence-electron chi connectivity index (χ1n) is 6.46. The van der Waals surface area contributed by atoms with E-state index in [-0.39, 0.29) is 0 Å². The van der Waals surface area contributed by atoms with Crippen molar-refractivity contribution in [3.63, 3.8) is 0 Å². The second-order valence-corrected chi connectivity index (χ2v) is 8.98. The van der Waals surface area contributed by atoms with Gasteiger partial charge in [-0.15, -0.1) is 0 Å². The lowest BCUT2D eigenvalue weighted by atomic mass is 10.1. The van der Waals surface area contributed by atoms with Gasteiger partial charge in [-0.3, -0.25) is 4.99 Å². The molecule has 1 unspecified atom stereocenters. The van der Waals surface area contributed by atoms with Crippen molar-refractivity contribution >= 4 is 14.3 Å². The molecule has 0 saturated heterocycles. The highest BCUT2D eigenvalue weighted by Crippen LogP contribution is 2.17. The summed E-state index contributed by atoms with van der Waals surface area (Å²) in [6, 6.07) is 1.37. The van der Waals surface area contributed by atoms with Gasteiger partial charge in [0.15, 0.2) is 0 Å². The molecule has 0 aliphatic heterocycles. The first-order valence-corrected chi connectivity index (χ1v) is 8.99. The van der Waals surface area contributed by atoms with Crippen LogP contribution in [0, 0.1) is 5.92 Å². The molecule has 3 nitrogen and oxygen atoms in total. The molecular weight excluding hydrogens is 230 g/mol. The number of nitrogens with zero attached hydrogens (tertiary/aromatic N) is 1. The molecular formula is C13H29NO2Si. The first-order chi connectivity index (χ1) is 7.83. The number of hydrogen-bond acceptors (Lipinski definition) is 3. The summed E-state index contributed by atoms with van der Waals surface area (Å²) in [4.78, 5) is 4.72. The quantitative estimate of drug-likeness (QED) is 0.492. The minimum absolute atomic E-state index is 0.367. The summed E-state index contributed by atoms with van der Waals surface area (Å²) in [6.45, 7) is 10.8. The van der Waals surface area contributed by atoms with E-state index in [2.05, 4.69) is 34.2 Å². The van der Waals surface area contributed by atoms with Crippen molar-refractivity contribution in [3.8, 4) is 0 Å². The standard InChI is InChI=1S/C13H29NO2Si/c1-11(2)10-13(4)14-12(3)8-9-17(7,15-5)16-6/h11-12H,8-10H2,1-7H3. The van der Waals surface area contributed by atoms with Crippen LogP contribution in [0.4, 0.5) is 0 Å². The first kappa shape index (κ1) is 16.8. The molecule has 4 heteroatoms. The molecule has 0 spiro atoms. The number of aliphatic imine (C=N–C) groups is 1. The van der Waals surface area contributed by atoms with E-state index in [4.69, 9.17) is 13.8 Å². The van der Waals surface area contributed by atoms with Gasteiger partial charge in [0.1, 0.15) is 0 Å². The Morgan fingerprint density at radius 3 is 2.12 bits per heavy atom. The topological polar surface area (TPSA) is 30.8 Å². The van der Waals surface area contributed by atoms with Crippen LogP contribution in [0.5, 0.6) is 0 Å². The molecule has 17 heavy (non-hydrogen) atoms. The minimum Gasteiger partial charge on any atom is -0.398 e. The van der Waals surface area contributed by atoms with Gasteiger partial charge in [-0.05, 0) is 45.2 Å². The maximum Gasteiger partial charge on any atom is 0.334 e. The molecule has 1 atom stereocenters. The highest BCUT2D eigenvalue weighted by Gasteiger charge is 2.28. The molecule has 0 aromatic heterocycles. The third kappa shape index (κ3) is 7.68. The highest BCUT2D eigenvalue weighted by molar-refractivity contribution is 6.65. The van der Waals surface area contributed by atoms with Crippen LogP contribution < -0.4 is 0 Å². The molecule has 0 heterocycles. The molecule has 0 aliphatic carbocycles. The van der Waals surface area contributed by atoms with Gasteiger partial charge in [-0.1, -0.05) is 13.8 Å². The molecule has 0 N–H and O–H groups in total. The van der Waals surface area contributed by atoms with Gasteiger partial charge in [0.05, 0.1) is 0 Å². The fourth-order valence-electron chi connectivity index (χ4n) is 1.84. The van der Waals surface area contributed by atoms with E-state index in [1.165, 1.54) is 5.71 Å². The molecule has 0 bridgehead atoms. The Hall–Kier alpha value is -0.193. The van der Waals surface area contributed by atoms with Crippen LogP contribution in [0.3, 0.4) is 0 Å². The molecule has 0 amide bonds. The summed E-state index contributed by atoms with van der Waals surface area (Å²) < 4.78 is 11.0. The Morgan fingerprint density at radius 1 is 1.18 bits per heavy atom. The van der Waals surface area contributed by atoms with E-state index in [0.29, 0.717) is 12.0 Å². The van der Waals surface area contributed by atoms with Crippen LogP contribution in [0.2, 0.25) is 12.6 Å². The van der Waals surface area contributed by atoms with Gasteiger partial charge >= 0.3 is 8.56 Å². The third-order valence-corrected chi connectivity index (χ3v) is 5.95. The highest BCUT2D eigenvalue weighted by atomic mass is 28.4. The second-order valence-electron chi connectivity index (χ2n) is 5.39. The van der Waals surface area contributed by atoms with Gasteiger partial charge in [0, 0.05) is 26.0 Å². The summed E-state index contributed by atoms with van der Waals surface area (Å²) in [5.74, 6) is 0.684. The predicted molar refractivity (Wildman–Crippen MR) is 77.1 cm³/mol. The fourth-order valence-corrected chi connectivity index (χ4v) is 3.36. The van der Waals surface area contributed by atoms with Crippen LogP contribution in [-0.4, -0.2) is 34.5 Å². The van der Waals surface area contributed by atoms with Gasteiger partial charge in [-0.25, -0.2) is 0 Å². The normalized spacial score (nSPS) is 15.4. The van der Waals surface area contributed by atoms with Crippen LogP contribution >= 0.6 is 0 Å². The Labute approximate surface area is 108 Å². The lowest BCUT2D eigenvalue weighted by Gasteiger charge is -2.23. The zero-order valence-corrected chi connectivity index (χ0v) is 13.5. The molecule has 102 valence electrons. The maximum atomic E-state index is 5.48. The molecule has 0 rings (SSSR count). The Balaban J connectivity index is 4.14. The Kier molecular flexibility index (Phi) is 7.91. The van der Waals surface area contributed by atoms with Gasteiger partial charge in [0.25, 0.3) is 0 Å². The second kappa shape index (κ2) is 8.00. The van der Waals surface area contributed by atoms with E-state index in [1.54, 1.807) is 14.2 Å². The smallest absolute Gasteiger partial charge is 0.334 e. The van der Waals surface area contributed by atoms with Gasteiger partial charge in [0.2, 0.25) is 0 Å². The third-order valence-electron chi connectivity index (χ3n) is 3.02. The molecule has 0 radical (unpaired) electrons. The molecule has 0 aromatic rings. The van der Waals surface area contributed by atoms with E-state index in [9.17, 15) is 0 Å². The SMILES string of the molecule is CO[Si](C)(CCC(C)N=C(C)CC(C)C)OC. The average molecular weight is 259 g/mol. The van der Waals surface area contributed by atoms with Crippen LogP contribution in [0.15, 0.2) is 4.99 Å². The lowest BCUT2D eigenvalue weighted by molar-refractivity contribution is 0.247. The van der Waals surface area contributed by atoms with E-state index >= 15 is 0 Å². The van der Waals surface area contributed by atoms with E-state index in [0.717, 1.165) is 18.9 Å². The predicted octanol–water partition coefficient (Wildman–Crippen LogP) is 3.64. The number of hydrogen-bond donors (Lipinski definition) is 0. The zero-order chi connectivity index (χ0) is 13.5. The summed E-state index contributed by atoms with van der Waals surface area (Å²) in [7, 11) is 1.58. The van der Waals surface area contributed by atoms with E-state index in [1.807, 2.05) is 0 Å². The monoisotopic (exact) mass is 259 g/mol. The van der Waals surface area contributed by atoms with Crippen molar-refractivity contribution in [2.24, 2.45) is 10.9 Å². The van der Waals surface area contributed by atoms with Crippen LogP contribution in [-0.2, 0) is 8.85 Å². The molecule has 0 aliphatic rings. The summed E-state index contributed by atoms with van der Waals surface area (Å²) >= 11 is 0. The minimum atomic E-state index is -1.91. The maximum absolute atomic E-state index is 5.48. The molecule has 0 saturated carbocycles. The fraction of sp³-hybridized carbons (Fsp3) is 0.923. The largest absolute Gasteiger partial charge is 0.398 e. The molecule has 0 aromatic carbocycles. The molecule has 0 fully saturated rings. The summed E-state index contributed by atoms with van der Waals surface area (Å²) in [6.07, 6.45) is 2.13. The average Bonchev–Trinajstić information content (AvgIpc) is 2.24. The van der Waals surface area contributed by atoms with Crippen LogP contribution in [0.25, 0.3) is 0 Å². The Bertz CT molecular complexity index is 238. The van der Waals surface area contributed by atoms with Crippen molar-refractivity contribution in [3.05, 3.63) is 0 Å². The lowest BCUT2D eigenvalue weighted by Crippen LogP contribution is -2.36. The van der Waals surface area contributed by atoms with Gasteiger partial charge in [-0.2, -0.15) is 0 Å². The van der Waals surface area contributed by atoms with Gasteiger partial charge < -0.3 is 8.85 Å². The number of rotatable bonds is 8. The van der Waals surface area contributed by atoms with Crippen molar-refractivity contribution in [1.82, 2.24) is 0 Å². The Morgan fingerprint density at radius 2 is 1.71 bits per heavy atom. The van der Waals surface area contributed by atoms with Crippen molar-refractivity contribution in [1.29, 1.82) is 0 Å². The van der Waals surface area contributed by atoms with Crippen molar-refractivity contribution < 1.29 is 8.85 Å².